The lowest BCUT2D eigenvalue weighted by atomic mass is 10.0. The average Bonchev–Trinajstić information content (AvgIpc) is 3.37. The number of hydrogen-bond donors (Lipinski definition) is 1. The van der Waals surface area contributed by atoms with E-state index in [2.05, 4.69) is 18.6 Å². The number of anilines is 2. The Labute approximate surface area is 175 Å². The standard InChI is InChI=1S/C22H22N2O3S2/c1-15(2)16-5-8-19(9-6-16)29(26,27)23-18-7-10-20-17(14-18)11-12-24(20)22(25)21-4-3-13-28-21/h3-10,13-15,23H,11-12H2,1-2H3. The molecule has 2 heterocycles. The summed E-state index contributed by atoms with van der Waals surface area (Å²) in [5.41, 5.74) is 3.40. The van der Waals surface area contributed by atoms with Gasteiger partial charge in [-0.3, -0.25) is 9.52 Å². The molecule has 2 aromatic carbocycles. The van der Waals surface area contributed by atoms with E-state index in [0.29, 0.717) is 29.4 Å². The third-order valence-corrected chi connectivity index (χ3v) is 7.32. The molecule has 0 spiro atoms. The molecule has 0 saturated carbocycles. The van der Waals surface area contributed by atoms with Crippen molar-refractivity contribution in [2.45, 2.75) is 31.1 Å². The van der Waals surface area contributed by atoms with Gasteiger partial charge >= 0.3 is 0 Å². The Morgan fingerprint density at radius 1 is 1.10 bits per heavy atom. The Morgan fingerprint density at radius 2 is 1.86 bits per heavy atom. The van der Waals surface area contributed by atoms with E-state index in [-0.39, 0.29) is 10.8 Å². The van der Waals surface area contributed by atoms with Crippen LogP contribution in [0.1, 0.15) is 40.6 Å². The lowest BCUT2D eigenvalue weighted by molar-refractivity contribution is 0.0993. The molecule has 0 bridgehead atoms. The van der Waals surface area contributed by atoms with Crippen LogP contribution in [0.15, 0.2) is 64.9 Å². The second-order valence-electron chi connectivity index (χ2n) is 7.36. The Bertz CT molecular complexity index is 1140. The van der Waals surface area contributed by atoms with Crippen LogP contribution in [0.4, 0.5) is 11.4 Å². The molecular weight excluding hydrogens is 404 g/mol. The van der Waals surface area contributed by atoms with Gasteiger partial charge in [-0.2, -0.15) is 0 Å². The minimum atomic E-state index is -3.67. The van der Waals surface area contributed by atoms with Crippen molar-refractivity contribution >= 4 is 38.6 Å². The predicted octanol–water partition coefficient (Wildman–Crippen LogP) is 4.88. The third kappa shape index (κ3) is 3.93. The molecular formula is C22H22N2O3S2. The van der Waals surface area contributed by atoms with Crippen LogP contribution < -0.4 is 9.62 Å². The quantitative estimate of drug-likeness (QED) is 0.633. The first-order valence-corrected chi connectivity index (χ1v) is 11.8. The third-order valence-electron chi connectivity index (χ3n) is 5.06. The molecule has 150 valence electrons. The first kappa shape index (κ1) is 19.7. The normalized spacial score (nSPS) is 13.6. The molecule has 1 N–H and O–H groups in total. The highest BCUT2D eigenvalue weighted by atomic mass is 32.2. The van der Waals surface area contributed by atoms with E-state index in [9.17, 15) is 13.2 Å². The molecule has 1 aliphatic heterocycles. The fraction of sp³-hybridized carbons (Fsp3) is 0.227. The van der Waals surface area contributed by atoms with Gasteiger partial charge in [-0.15, -0.1) is 11.3 Å². The van der Waals surface area contributed by atoms with Gasteiger partial charge in [-0.05, 0) is 65.2 Å². The second-order valence-corrected chi connectivity index (χ2v) is 9.99. The van der Waals surface area contributed by atoms with Crippen LogP contribution in [-0.4, -0.2) is 20.9 Å². The maximum atomic E-state index is 12.7. The summed E-state index contributed by atoms with van der Waals surface area (Å²) in [6, 6.07) is 16.0. The first-order chi connectivity index (χ1) is 13.8. The molecule has 0 fully saturated rings. The van der Waals surface area contributed by atoms with Gasteiger partial charge in [0.15, 0.2) is 0 Å². The van der Waals surface area contributed by atoms with E-state index >= 15 is 0 Å². The van der Waals surface area contributed by atoms with Crippen molar-refractivity contribution in [3.63, 3.8) is 0 Å². The second kappa shape index (κ2) is 7.65. The van der Waals surface area contributed by atoms with E-state index in [0.717, 1.165) is 16.8 Å². The van der Waals surface area contributed by atoms with Gasteiger partial charge in [0.25, 0.3) is 15.9 Å². The maximum Gasteiger partial charge on any atom is 0.268 e. The number of rotatable bonds is 5. The molecule has 5 nitrogen and oxygen atoms in total. The summed E-state index contributed by atoms with van der Waals surface area (Å²) in [5, 5.41) is 1.88. The predicted molar refractivity (Wildman–Crippen MR) is 117 cm³/mol. The topological polar surface area (TPSA) is 66.5 Å². The summed E-state index contributed by atoms with van der Waals surface area (Å²) in [4.78, 5) is 15.4. The van der Waals surface area contributed by atoms with Crippen molar-refractivity contribution in [3.8, 4) is 0 Å². The molecule has 1 aromatic heterocycles. The van der Waals surface area contributed by atoms with E-state index in [4.69, 9.17) is 0 Å². The summed E-state index contributed by atoms with van der Waals surface area (Å²) in [7, 11) is -3.67. The van der Waals surface area contributed by atoms with Gasteiger partial charge in [0, 0.05) is 17.9 Å². The number of thiophene rings is 1. The molecule has 0 atom stereocenters. The molecule has 7 heteroatoms. The summed E-state index contributed by atoms with van der Waals surface area (Å²) in [6.07, 6.45) is 0.700. The minimum absolute atomic E-state index is 0.0164. The van der Waals surface area contributed by atoms with Crippen LogP contribution in [0.5, 0.6) is 0 Å². The van der Waals surface area contributed by atoms with Gasteiger partial charge < -0.3 is 4.90 Å². The van der Waals surface area contributed by atoms with Crippen molar-refractivity contribution in [1.29, 1.82) is 0 Å². The Morgan fingerprint density at radius 3 is 2.52 bits per heavy atom. The summed E-state index contributed by atoms with van der Waals surface area (Å²) in [6.45, 7) is 4.73. The summed E-state index contributed by atoms with van der Waals surface area (Å²) < 4.78 is 28.1. The van der Waals surface area contributed by atoms with Crippen molar-refractivity contribution in [1.82, 2.24) is 0 Å². The molecule has 0 saturated heterocycles. The van der Waals surface area contributed by atoms with Crippen LogP contribution in [0.3, 0.4) is 0 Å². The average molecular weight is 427 g/mol. The molecule has 0 unspecified atom stereocenters. The SMILES string of the molecule is CC(C)c1ccc(S(=O)(=O)Nc2ccc3c(c2)CCN3C(=O)c2cccs2)cc1. The van der Waals surface area contributed by atoms with E-state index < -0.39 is 10.0 Å². The van der Waals surface area contributed by atoms with Gasteiger partial charge in [0.1, 0.15) is 0 Å². The Hall–Kier alpha value is -2.64. The number of benzene rings is 2. The lowest BCUT2D eigenvalue weighted by Gasteiger charge is -2.17. The first-order valence-electron chi connectivity index (χ1n) is 9.46. The van der Waals surface area contributed by atoms with Gasteiger partial charge in [-0.1, -0.05) is 32.0 Å². The van der Waals surface area contributed by atoms with Crippen LogP contribution in [0.25, 0.3) is 0 Å². The van der Waals surface area contributed by atoms with E-state index in [1.165, 1.54) is 11.3 Å². The lowest BCUT2D eigenvalue weighted by Crippen LogP contribution is -2.28. The number of carbonyl (C=O) groups excluding carboxylic acids is 1. The Balaban J connectivity index is 1.54. The zero-order valence-electron chi connectivity index (χ0n) is 16.3. The molecule has 0 aliphatic carbocycles. The van der Waals surface area contributed by atoms with Crippen LogP contribution >= 0.6 is 11.3 Å². The molecule has 4 rings (SSSR count). The highest BCUT2D eigenvalue weighted by Gasteiger charge is 2.26. The zero-order chi connectivity index (χ0) is 20.6. The number of nitrogens with one attached hydrogen (secondary N) is 1. The number of sulfonamides is 1. The zero-order valence-corrected chi connectivity index (χ0v) is 17.9. The van der Waals surface area contributed by atoms with E-state index in [1.54, 1.807) is 23.1 Å². The largest absolute Gasteiger partial charge is 0.307 e. The summed E-state index contributed by atoms with van der Waals surface area (Å²) >= 11 is 1.42. The monoisotopic (exact) mass is 426 g/mol. The van der Waals surface area contributed by atoms with Crippen LogP contribution in [-0.2, 0) is 16.4 Å². The van der Waals surface area contributed by atoms with Gasteiger partial charge in [0.05, 0.1) is 9.77 Å². The smallest absolute Gasteiger partial charge is 0.268 e. The van der Waals surface area contributed by atoms with Gasteiger partial charge in [-0.25, -0.2) is 8.42 Å². The number of amides is 1. The van der Waals surface area contributed by atoms with Crippen molar-refractivity contribution in [3.05, 3.63) is 76.0 Å². The van der Waals surface area contributed by atoms with Gasteiger partial charge in [0.2, 0.25) is 0 Å². The van der Waals surface area contributed by atoms with E-state index in [1.807, 2.05) is 41.8 Å². The minimum Gasteiger partial charge on any atom is -0.307 e. The number of hydrogen-bond acceptors (Lipinski definition) is 4. The number of fused-ring (bicyclic) bond motifs is 1. The highest BCUT2D eigenvalue weighted by molar-refractivity contribution is 7.92. The van der Waals surface area contributed by atoms with Crippen molar-refractivity contribution in [2.24, 2.45) is 0 Å². The summed E-state index contributed by atoms with van der Waals surface area (Å²) in [5.74, 6) is 0.327. The fourth-order valence-corrected chi connectivity index (χ4v) is 5.18. The molecule has 1 amide bonds. The molecule has 29 heavy (non-hydrogen) atoms. The Kier molecular flexibility index (Phi) is 5.19. The highest BCUT2D eigenvalue weighted by Crippen LogP contribution is 2.33. The number of carbonyl (C=O) groups is 1. The fourth-order valence-electron chi connectivity index (χ4n) is 3.46. The van der Waals surface area contributed by atoms with Crippen molar-refractivity contribution < 1.29 is 13.2 Å². The van der Waals surface area contributed by atoms with Crippen LogP contribution in [0, 0.1) is 0 Å². The molecule has 0 radical (unpaired) electrons. The molecule has 3 aromatic rings. The number of nitrogens with zero attached hydrogens (tertiary/aromatic N) is 1. The molecule has 1 aliphatic rings. The maximum absolute atomic E-state index is 12.7. The van der Waals surface area contributed by atoms with Crippen molar-refractivity contribution in [2.75, 3.05) is 16.2 Å². The van der Waals surface area contributed by atoms with Crippen LogP contribution in [0.2, 0.25) is 0 Å².